The van der Waals surface area contributed by atoms with Gasteiger partial charge in [-0.15, -0.1) is 0 Å². The number of H-pyrrole nitrogens is 1. The van der Waals surface area contributed by atoms with Crippen molar-refractivity contribution in [1.82, 2.24) is 9.55 Å². The molecule has 7 nitrogen and oxygen atoms in total. The summed E-state index contributed by atoms with van der Waals surface area (Å²) in [6, 6.07) is 11.9. The zero-order chi connectivity index (χ0) is 22.9. The van der Waals surface area contributed by atoms with Crippen molar-refractivity contribution in [1.29, 1.82) is 0 Å². The lowest BCUT2D eigenvalue weighted by Gasteiger charge is -2.38. The highest BCUT2D eigenvalue weighted by Crippen LogP contribution is 2.31. The Morgan fingerprint density at radius 1 is 1.00 bits per heavy atom. The van der Waals surface area contributed by atoms with Crippen molar-refractivity contribution < 1.29 is 4.79 Å². The maximum absolute atomic E-state index is 12.7. The molecular weight excluding hydrogens is 414 g/mol. The second-order valence-electron chi connectivity index (χ2n) is 9.55. The molecule has 3 N–H and O–H groups in total. The van der Waals surface area contributed by atoms with Gasteiger partial charge in [0.15, 0.2) is 5.78 Å². The SMILES string of the molecule is CC(=O)c1ccc(N2CCN(c3cc4c(cc3N)[nH]c(=O)n4CC3CCCCC3)CC2)cc1. The Balaban J connectivity index is 1.34. The fourth-order valence-corrected chi connectivity index (χ4v) is 5.41. The van der Waals surface area contributed by atoms with E-state index in [0.29, 0.717) is 11.6 Å². The molecule has 0 radical (unpaired) electrons. The molecule has 0 bridgehead atoms. The minimum absolute atomic E-state index is 0.0362. The Kier molecular flexibility index (Phi) is 5.87. The molecular formula is C26H33N5O2. The molecule has 3 aromatic rings. The Hall–Kier alpha value is -3.22. The van der Waals surface area contributed by atoms with Crippen molar-refractivity contribution in [2.75, 3.05) is 41.7 Å². The van der Waals surface area contributed by atoms with Crippen LogP contribution in [0.3, 0.4) is 0 Å². The molecule has 5 rings (SSSR count). The summed E-state index contributed by atoms with van der Waals surface area (Å²) < 4.78 is 1.92. The highest BCUT2D eigenvalue weighted by atomic mass is 16.1. The first kappa shape index (κ1) is 21.6. The Morgan fingerprint density at radius 3 is 2.33 bits per heavy atom. The second-order valence-corrected chi connectivity index (χ2v) is 9.55. The molecule has 1 saturated carbocycles. The number of nitrogen functional groups attached to an aromatic ring is 1. The van der Waals surface area contributed by atoms with Crippen LogP contribution in [0.1, 0.15) is 49.4 Å². The number of hydrogen-bond donors (Lipinski definition) is 2. The number of aromatic amines is 1. The molecule has 0 amide bonds. The molecule has 33 heavy (non-hydrogen) atoms. The van der Waals surface area contributed by atoms with Crippen LogP contribution in [0.5, 0.6) is 0 Å². The average Bonchev–Trinajstić information content (AvgIpc) is 3.13. The third-order valence-electron chi connectivity index (χ3n) is 7.35. The van der Waals surface area contributed by atoms with Crippen LogP contribution < -0.4 is 21.2 Å². The van der Waals surface area contributed by atoms with E-state index in [0.717, 1.165) is 60.7 Å². The molecule has 1 aliphatic carbocycles. The summed E-state index contributed by atoms with van der Waals surface area (Å²) in [7, 11) is 0. The fraction of sp³-hybridized carbons (Fsp3) is 0.462. The maximum Gasteiger partial charge on any atom is 0.326 e. The summed E-state index contributed by atoms with van der Waals surface area (Å²) in [5, 5.41) is 0. The molecule has 1 saturated heterocycles. The quantitative estimate of drug-likeness (QED) is 0.456. The van der Waals surface area contributed by atoms with Gasteiger partial charge in [0.25, 0.3) is 0 Å². The number of anilines is 3. The topological polar surface area (TPSA) is 87.4 Å². The van der Waals surface area contributed by atoms with Crippen LogP contribution in [-0.2, 0) is 6.54 Å². The number of benzene rings is 2. The minimum atomic E-state index is -0.0362. The van der Waals surface area contributed by atoms with Crippen molar-refractivity contribution in [2.45, 2.75) is 45.6 Å². The Bertz CT molecular complexity index is 1200. The zero-order valence-electron chi connectivity index (χ0n) is 19.3. The predicted octanol–water partition coefficient (Wildman–Crippen LogP) is 4.02. The first-order valence-electron chi connectivity index (χ1n) is 12.1. The number of aromatic nitrogens is 2. The normalized spacial score (nSPS) is 17.6. The molecule has 2 aromatic carbocycles. The number of Topliss-reactive ketones (excluding diaryl/α,β-unsaturated/α-hetero) is 1. The van der Waals surface area contributed by atoms with Crippen LogP contribution in [0.2, 0.25) is 0 Å². The summed E-state index contributed by atoms with van der Waals surface area (Å²) in [6.07, 6.45) is 6.25. The van der Waals surface area contributed by atoms with E-state index in [9.17, 15) is 9.59 Å². The predicted molar refractivity (Wildman–Crippen MR) is 134 cm³/mol. The van der Waals surface area contributed by atoms with E-state index in [-0.39, 0.29) is 11.5 Å². The molecule has 0 atom stereocenters. The van der Waals surface area contributed by atoms with E-state index in [4.69, 9.17) is 5.73 Å². The van der Waals surface area contributed by atoms with E-state index in [2.05, 4.69) is 20.9 Å². The van der Waals surface area contributed by atoms with Gasteiger partial charge < -0.3 is 20.5 Å². The molecule has 0 unspecified atom stereocenters. The zero-order valence-corrected chi connectivity index (χ0v) is 19.3. The van der Waals surface area contributed by atoms with Gasteiger partial charge in [-0.3, -0.25) is 9.36 Å². The number of hydrogen-bond acceptors (Lipinski definition) is 5. The number of carbonyl (C=O) groups is 1. The third-order valence-corrected chi connectivity index (χ3v) is 7.35. The lowest BCUT2D eigenvalue weighted by atomic mass is 9.89. The van der Waals surface area contributed by atoms with E-state index < -0.39 is 0 Å². The van der Waals surface area contributed by atoms with E-state index in [1.165, 1.54) is 32.1 Å². The monoisotopic (exact) mass is 447 g/mol. The Morgan fingerprint density at radius 2 is 1.67 bits per heavy atom. The molecule has 174 valence electrons. The number of piperazine rings is 1. The fourth-order valence-electron chi connectivity index (χ4n) is 5.41. The first-order valence-corrected chi connectivity index (χ1v) is 12.1. The highest BCUT2D eigenvalue weighted by Gasteiger charge is 2.22. The van der Waals surface area contributed by atoms with Crippen LogP contribution in [0.4, 0.5) is 17.1 Å². The second kappa shape index (κ2) is 8.96. The van der Waals surface area contributed by atoms with Gasteiger partial charge in [0.1, 0.15) is 0 Å². The number of nitrogens with one attached hydrogen (secondary N) is 1. The van der Waals surface area contributed by atoms with Gasteiger partial charge in [0.05, 0.1) is 22.4 Å². The Labute approximate surface area is 194 Å². The summed E-state index contributed by atoms with van der Waals surface area (Å²) in [4.78, 5) is 31.9. The summed E-state index contributed by atoms with van der Waals surface area (Å²) in [6.45, 7) is 5.82. The molecule has 0 spiro atoms. The van der Waals surface area contributed by atoms with E-state index in [1.807, 2.05) is 34.9 Å². The molecule has 7 heteroatoms. The summed E-state index contributed by atoms with van der Waals surface area (Å²) in [5.74, 6) is 0.665. The molecule has 2 fully saturated rings. The smallest absolute Gasteiger partial charge is 0.326 e. The number of nitrogens with zero attached hydrogens (tertiary/aromatic N) is 3. The number of ketones is 1. The van der Waals surface area contributed by atoms with Gasteiger partial charge in [0, 0.05) is 44.0 Å². The maximum atomic E-state index is 12.7. The average molecular weight is 448 g/mol. The summed E-state index contributed by atoms with van der Waals surface area (Å²) >= 11 is 0. The van der Waals surface area contributed by atoms with Crippen LogP contribution in [0.25, 0.3) is 11.0 Å². The van der Waals surface area contributed by atoms with Crippen molar-refractivity contribution >= 4 is 33.9 Å². The van der Waals surface area contributed by atoms with Gasteiger partial charge >= 0.3 is 5.69 Å². The standard InChI is InChI=1S/C26H33N5O2/c1-18(32)20-7-9-21(10-8-20)29-11-13-30(14-12-29)24-16-25-23(15-22(24)27)28-26(33)31(25)17-19-5-3-2-4-6-19/h7-10,15-16,19H,2-6,11-14,17,27H2,1H3,(H,28,33). The van der Waals surface area contributed by atoms with Crippen LogP contribution >= 0.6 is 0 Å². The molecule has 2 aliphatic rings. The van der Waals surface area contributed by atoms with Crippen molar-refractivity contribution in [2.24, 2.45) is 5.92 Å². The molecule has 1 aliphatic heterocycles. The highest BCUT2D eigenvalue weighted by molar-refractivity contribution is 5.94. The number of imidazole rings is 1. The van der Waals surface area contributed by atoms with E-state index in [1.54, 1.807) is 6.92 Å². The third kappa shape index (κ3) is 4.36. The lowest BCUT2D eigenvalue weighted by molar-refractivity contribution is 0.101. The van der Waals surface area contributed by atoms with Crippen molar-refractivity contribution in [3.8, 4) is 0 Å². The van der Waals surface area contributed by atoms with Crippen LogP contribution in [0, 0.1) is 5.92 Å². The largest absolute Gasteiger partial charge is 0.397 e. The molecule has 1 aromatic heterocycles. The lowest BCUT2D eigenvalue weighted by Crippen LogP contribution is -2.46. The van der Waals surface area contributed by atoms with Crippen LogP contribution in [-0.4, -0.2) is 41.5 Å². The first-order chi connectivity index (χ1) is 16.0. The van der Waals surface area contributed by atoms with Gasteiger partial charge in [-0.1, -0.05) is 19.3 Å². The number of carbonyl (C=O) groups excluding carboxylic acids is 1. The summed E-state index contributed by atoms with van der Waals surface area (Å²) in [5.41, 5.74) is 11.8. The van der Waals surface area contributed by atoms with Gasteiger partial charge in [-0.2, -0.15) is 0 Å². The number of nitrogens with two attached hydrogens (primary N) is 1. The van der Waals surface area contributed by atoms with Gasteiger partial charge in [-0.25, -0.2) is 4.79 Å². The van der Waals surface area contributed by atoms with Crippen LogP contribution in [0.15, 0.2) is 41.2 Å². The van der Waals surface area contributed by atoms with Gasteiger partial charge in [0.2, 0.25) is 0 Å². The molecule has 2 heterocycles. The van der Waals surface area contributed by atoms with Crippen molar-refractivity contribution in [3.05, 3.63) is 52.4 Å². The van der Waals surface area contributed by atoms with Crippen molar-refractivity contribution in [3.63, 3.8) is 0 Å². The minimum Gasteiger partial charge on any atom is -0.397 e. The van der Waals surface area contributed by atoms with Gasteiger partial charge in [-0.05, 0) is 62.1 Å². The van der Waals surface area contributed by atoms with E-state index >= 15 is 0 Å². The number of rotatable bonds is 5. The number of fused-ring (bicyclic) bond motifs is 1.